The van der Waals surface area contributed by atoms with E-state index >= 15 is 0 Å². The van der Waals surface area contributed by atoms with Crippen molar-refractivity contribution in [3.05, 3.63) is 32.7 Å². The molecule has 0 bridgehead atoms. The van der Waals surface area contributed by atoms with Crippen molar-refractivity contribution in [2.24, 2.45) is 14.1 Å². The van der Waals surface area contributed by atoms with Crippen LogP contribution in [0.5, 0.6) is 0 Å². The van der Waals surface area contributed by atoms with E-state index in [0.717, 1.165) is 29.0 Å². The third-order valence-electron chi connectivity index (χ3n) is 4.99. The Balaban J connectivity index is 1.97. The van der Waals surface area contributed by atoms with Gasteiger partial charge in [0.15, 0.2) is 11.2 Å². The van der Waals surface area contributed by atoms with E-state index in [1.54, 1.807) is 7.05 Å². The van der Waals surface area contributed by atoms with Crippen LogP contribution in [0, 0.1) is 6.92 Å². The summed E-state index contributed by atoms with van der Waals surface area (Å²) in [4.78, 5) is 29.3. The van der Waals surface area contributed by atoms with Gasteiger partial charge in [0.25, 0.3) is 5.56 Å². The van der Waals surface area contributed by atoms with Crippen molar-refractivity contribution in [1.29, 1.82) is 0 Å². The van der Waals surface area contributed by atoms with Crippen molar-refractivity contribution >= 4 is 16.9 Å². The second-order valence-electron chi connectivity index (χ2n) is 6.85. The molecule has 0 aliphatic rings. The minimum atomic E-state index is -0.350. The standard InChI is InChI=1S/C18H27N5O2/c1-5-6-7-8-9-10-11-22-13(2)12-23-14-15(19-17(22)23)20(3)18(25)21(4)16(14)24/h12H,5-11H2,1-4H3. The van der Waals surface area contributed by atoms with Gasteiger partial charge in [0.2, 0.25) is 5.78 Å². The maximum Gasteiger partial charge on any atom is 0.332 e. The molecular formula is C18H27N5O2. The van der Waals surface area contributed by atoms with Gasteiger partial charge in [-0.2, -0.15) is 4.98 Å². The zero-order chi connectivity index (χ0) is 18.1. The van der Waals surface area contributed by atoms with Gasteiger partial charge in [-0.25, -0.2) is 4.79 Å². The molecule has 0 aliphatic carbocycles. The highest BCUT2D eigenvalue weighted by molar-refractivity contribution is 5.75. The zero-order valence-corrected chi connectivity index (χ0v) is 15.6. The molecule has 0 spiro atoms. The fourth-order valence-electron chi connectivity index (χ4n) is 3.46. The smallest absolute Gasteiger partial charge is 0.314 e. The lowest BCUT2D eigenvalue weighted by Gasteiger charge is -2.05. The highest BCUT2D eigenvalue weighted by atomic mass is 16.2. The van der Waals surface area contributed by atoms with Crippen LogP contribution >= 0.6 is 0 Å². The first kappa shape index (κ1) is 17.5. The third kappa shape index (κ3) is 2.92. The Hall–Kier alpha value is -2.31. The van der Waals surface area contributed by atoms with Crippen LogP contribution in [0.3, 0.4) is 0 Å². The van der Waals surface area contributed by atoms with E-state index < -0.39 is 0 Å². The molecule has 0 saturated carbocycles. The molecule has 136 valence electrons. The molecule has 3 aromatic heterocycles. The molecule has 0 saturated heterocycles. The highest BCUT2D eigenvalue weighted by Gasteiger charge is 2.18. The Labute approximate surface area is 146 Å². The van der Waals surface area contributed by atoms with Gasteiger partial charge >= 0.3 is 5.69 Å². The monoisotopic (exact) mass is 345 g/mol. The number of aromatic nitrogens is 5. The van der Waals surface area contributed by atoms with Gasteiger partial charge in [0, 0.05) is 32.5 Å². The van der Waals surface area contributed by atoms with Crippen LogP contribution in [-0.4, -0.2) is 23.1 Å². The van der Waals surface area contributed by atoms with Crippen molar-refractivity contribution in [3.8, 4) is 0 Å². The van der Waals surface area contributed by atoms with Crippen LogP contribution in [0.15, 0.2) is 15.8 Å². The van der Waals surface area contributed by atoms with Crippen LogP contribution in [0.4, 0.5) is 0 Å². The molecule has 0 unspecified atom stereocenters. The molecule has 25 heavy (non-hydrogen) atoms. The predicted octanol–water partition coefficient (Wildman–Crippen LogP) is 2.36. The summed E-state index contributed by atoms with van der Waals surface area (Å²) in [6.07, 6.45) is 9.34. The molecule has 0 aliphatic heterocycles. The summed E-state index contributed by atoms with van der Waals surface area (Å²) in [5, 5.41) is 0. The molecule has 0 amide bonds. The molecule has 3 heterocycles. The Morgan fingerprint density at radius 2 is 1.68 bits per heavy atom. The average molecular weight is 345 g/mol. The Morgan fingerprint density at radius 3 is 2.40 bits per heavy atom. The van der Waals surface area contributed by atoms with Gasteiger partial charge in [-0.3, -0.25) is 18.3 Å². The van der Waals surface area contributed by atoms with E-state index in [1.807, 2.05) is 17.5 Å². The predicted molar refractivity (Wildman–Crippen MR) is 99.3 cm³/mol. The number of hydrogen-bond donors (Lipinski definition) is 0. The summed E-state index contributed by atoms with van der Waals surface area (Å²) >= 11 is 0. The summed E-state index contributed by atoms with van der Waals surface area (Å²) < 4.78 is 6.54. The topological polar surface area (TPSA) is 66.2 Å². The largest absolute Gasteiger partial charge is 0.332 e. The molecule has 0 N–H and O–H groups in total. The van der Waals surface area contributed by atoms with Crippen molar-refractivity contribution in [2.75, 3.05) is 0 Å². The quantitative estimate of drug-likeness (QED) is 0.617. The number of imidazole rings is 2. The minimum Gasteiger partial charge on any atom is -0.314 e. The number of rotatable bonds is 7. The first-order chi connectivity index (χ1) is 12.0. The lowest BCUT2D eigenvalue weighted by molar-refractivity contribution is 0.558. The molecule has 0 aromatic carbocycles. The lowest BCUT2D eigenvalue weighted by atomic mass is 10.1. The van der Waals surface area contributed by atoms with Gasteiger partial charge in [0.05, 0.1) is 0 Å². The van der Waals surface area contributed by atoms with E-state index in [-0.39, 0.29) is 11.2 Å². The van der Waals surface area contributed by atoms with Crippen molar-refractivity contribution in [1.82, 2.24) is 23.1 Å². The average Bonchev–Trinajstić information content (AvgIpc) is 3.10. The Morgan fingerprint density at radius 1 is 1.00 bits per heavy atom. The summed E-state index contributed by atoms with van der Waals surface area (Å²) in [5.41, 5.74) is 1.33. The summed E-state index contributed by atoms with van der Waals surface area (Å²) in [6.45, 7) is 5.14. The number of fused-ring (bicyclic) bond motifs is 3. The SMILES string of the molecule is CCCCCCCCn1c(C)cn2c3c(=O)n(C)c(=O)n(C)c3nc12. The second-order valence-corrected chi connectivity index (χ2v) is 6.85. The van der Waals surface area contributed by atoms with Gasteiger partial charge in [-0.1, -0.05) is 39.0 Å². The number of unbranched alkanes of at least 4 members (excludes halogenated alkanes) is 5. The van der Waals surface area contributed by atoms with E-state index in [1.165, 1.54) is 43.7 Å². The lowest BCUT2D eigenvalue weighted by Crippen LogP contribution is -2.37. The van der Waals surface area contributed by atoms with Crippen LogP contribution in [-0.2, 0) is 20.6 Å². The van der Waals surface area contributed by atoms with Gasteiger partial charge < -0.3 is 4.57 Å². The third-order valence-corrected chi connectivity index (χ3v) is 4.99. The van der Waals surface area contributed by atoms with E-state index in [2.05, 4.69) is 16.5 Å². The summed E-state index contributed by atoms with van der Waals surface area (Å²) in [5.74, 6) is 0.736. The van der Waals surface area contributed by atoms with Crippen LogP contribution in [0.1, 0.15) is 51.1 Å². The van der Waals surface area contributed by atoms with Crippen LogP contribution in [0.2, 0.25) is 0 Å². The fourth-order valence-corrected chi connectivity index (χ4v) is 3.46. The zero-order valence-electron chi connectivity index (χ0n) is 15.6. The van der Waals surface area contributed by atoms with Gasteiger partial charge in [-0.15, -0.1) is 0 Å². The number of aryl methyl sites for hydroxylation is 3. The Bertz CT molecular complexity index is 1020. The van der Waals surface area contributed by atoms with Crippen LogP contribution < -0.4 is 11.2 Å². The van der Waals surface area contributed by atoms with Crippen molar-refractivity contribution in [2.45, 2.75) is 58.9 Å². The van der Waals surface area contributed by atoms with Gasteiger partial charge in [-0.05, 0) is 13.3 Å². The fraction of sp³-hybridized carbons (Fsp3) is 0.611. The van der Waals surface area contributed by atoms with Crippen LogP contribution in [0.25, 0.3) is 16.9 Å². The van der Waals surface area contributed by atoms with E-state index in [4.69, 9.17) is 0 Å². The molecule has 3 aromatic rings. The molecular weight excluding hydrogens is 318 g/mol. The van der Waals surface area contributed by atoms with E-state index in [9.17, 15) is 9.59 Å². The van der Waals surface area contributed by atoms with Crippen molar-refractivity contribution < 1.29 is 0 Å². The normalized spacial score (nSPS) is 11.8. The highest BCUT2D eigenvalue weighted by Crippen LogP contribution is 2.17. The molecule has 3 rings (SSSR count). The Kier molecular flexibility index (Phi) is 4.83. The van der Waals surface area contributed by atoms with Gasteiger partial charge in [0.1, 0.15) is 0 Å². The van der Waals surface area contributed by atoms with E-state index in [0.29, 0.717) is 11.2 Å². The number of nitrogens with zero attached hydrogens (tertiary/aromatic N) is 5. The second kappa shape index (κ2) is 6.90. The molecule has 0 fully saturated rings. The maximum atomic E-state index is 12.5. The molecule has 0 radical (unpaired) electrons. The molecule has 7 nitrogen and oxygen atoms in total. The minimum absolute atomic E-state index is 0.303. The summed E-state index contributed by atoms with van der Waals surface area (Å²) in [7, 11) is 3.16. The molecule has 7 heteroatoms. The number of hydrogen-bond acceptors (Lipinski definition) is 3. The maximum absolute atomic E-state index is 12.5. The summed E-state index contributed by atoms with van der Waals surface area (Å²) in [6, 6.07) is 0. The first-order valence-electron chi connectivity index (χ1n) is 9.11. The van der Waals surface area contributed by atoms with Crippen molar-refractivity contribution in [3.63, 3.8) is 0 Å². The first-order valence-corrected chi connectivity index (χ1v) is 9.11. The molecule has 0 atom stereocenters.